The van der Waals surface area contributed by atoms with E-state index in [1.54, 1.807) is 17.4 Å². The van der Waals surface area contributed by atoms with Gasteiger partial charge < -0.3 is 0 Å². The van der Waals surface area contributed by atoms with Crippen molar-refractivity contribution in [2.45, 2.75) is 13.5 Å². The van der Waals surface area contributed by atoms with Gasteiger partial charge in [0.15, 0.2) is 0 Å². The van der Waals surface area contributed by atoms with E-state index in [0.717, 1.165) is 25.8 Å². The van der Waals surface area contributed by atoms with Crippen molar-refractivity contribution < 1.29 is 9.59 Å². The average molecular weight is 441 g/mol. The third kappa shape index (κ3) is 3.44. The van der Waals surface area contributed by atoms with Gasteiger partial charge in [0.25, 0.3) is 11.1 Å². The Balaban J connectivity index is 1.79. The SMILES string of the molecule is Cc1ccc(/C=C2\SC(=O)N(Cc3ccc(I)cc3)C2=O)s1. The summed E-state index contributed by atoms with van der Waals surface area (Å²) in [7, 11) is 0. The molecule has 22 heavy (non-hydrogen) atoms. The van der Waals surface area contributed by atoms with E-state index in [9.17, 15) is 9.59 Å². The molecule has 1 aromatic carbocycles. The quantitative estimate of drug-likeness (QED) is 0.503. The monoisotopic (exact) mass is 441 g/mol. The number of hydrogen-bond donors (Lipinski definition) is 0. The number of imide groups is 1. The molecule has 1 saturated heterocycles. The van der Waals surface area contributed by atoms with Gasteiger partial charge in [0.1, 0.15) is 0 Å². The van der Waals surface area contributed by atoms with Crippen molar-refractivity contribution in [1.82, 2.24) is 4.90 Å². The van der Waals surface area contributed by atoms with Gasteiger partial charge in [-0.25, -0.2) is 0 Å². The molecular weight excluding hydrogens is 429 g/mol. The largest absolute Gasteiger partial charge is 0.293 e. The van der Waals surface area contributed by atoms with Crippen LogP contribution in [0.2, 0.25) is 0 Å². The Morgan fingerprint density at radius 2 is 1.86 bits per heavy atom. The Morgan fingerprint density at radius 1 is 1.14 bits per heavy atom. The normalized spacial score (nSPS) is 16.8. The van der Waals surface area contributed by atoms with Crippen molar-refractivity contribution in [3.05, 3.63) is 60.2 Å². The molecule has 1 aliphatic rings. The number of aryl methyl sites for hydroxylation is 1. The minimum absolute atomic E-state index is 0.205. The van der Waals surface area contributed by atoms with Gasteiger partial charge >= 0.3 is 0 Å². The predicted octanol–water partition coefficient (Wildman–Crippen LogP) is 4.90. The van der Waals surface area contributed by atoms with Crippen LogP contribution in [0.3, 0.4) is 0 Å². The van der Waals surface area contributed by atoms with Crippen LogP contribution >= 0.6 is 45.7 Å². The van der Waals surface area contributed by atoms with Gasteiger partial charge in [-0.15, -0.1) is 11.3 Å². The first-order valence-corrected chi connectivity index (χ1v) is 9.30. The molecule has 112 valence electrons. The summed E-state index contributed by atoms with van der Waals surface area (Å²) in [6.07, 6.45) is 1.80. The van der Waals surface area contributed by atoms with Gasteiger partial charge in [-0.1, -0.05) is 12.1 Å². The van der Waals surface area contributed by atoms with E-state index in [1.807, 2.05) is 43.3 Å². The summed E-state index contributed by atoms with van der Waals surface area (Å²) < 4.78 is 1.13. The van der Waals surface area contributed by atoms with Gasteiger partial charge in [-0.05, 0) is 77.2 Å². The first-order valence-electron chi connectivity index (χ1n) is 6.59. The number of amides is 2. The third-order valence-corrected chi connectivity index (χ3v) is 5.74. The van der Waals surface area contributed by atoms with Crippen LogP contribution in [-0.2, 0) is 11.3 Å². The molecule has 0 unspecified atom stereocenters. The Hall–Kier alpha value is -1.12. The van der Waals surface area contributed by atoms with Gasteiger partial charge in [-0.2, -0.15) is 0 Å². The fourth-order valence-corrected chi connectivity index (χ4v) is 4.15. The maximum Gasteiger partial charge on any atom is 0.293 e. The van der Waals surface area contributed by atoms with E-state index in [2.05, 4.69) is 22.6 Å². The molecule has 0 saturated carbocycles. The molecule has 3 nitrogen and oxygen atoms in total. The molecule has 0 bridgehead atoms. The maximum absolute atomic E-state index is 12.4. The highest BCUT2D eigenvalue weighted by Gasteiger charge is 2.35. The van der Waals surface area contributed by atoms with E-state index in [1.165, 1.54) is 9.78 Å². The van der Waals surface area contributed by atoms with Gasteiger partial charge in [0, 0.05) is 13.3 Å². The number of halogens is 1. The average Bonchev–Trinajstić information content (AvgIpc) is 3.00. The smallest absolute Gasteiger partial charge is 0.268 e. The first-order chi connectivity index (χ1) is 10.5. The van der Waals surface area contributed by atoms with E-state index in [4.69, 9.17) is 0 Å². The first kappa shape index (κ1) is 15.8. The minimum atomic E-state index is -0.209. The van der Waals surface area contributed by atoms with Crippen LogP contribution in [0, 0.1) is 10.5 Å². The summed E-state index contributed by atoms with van der Waals surface area (Å²) in [5, 5.41) is -0.205. The Bertz CT molecular complexity index is 765. The van der Waals surface area contributed by atoms with Crippen LogP contribution in [0.15, 0.2) is 41.3 Å². The van der Waals surface area contributed by atoms with Crippen molar-refractivity contribution in [3.63, 3.8) is 0 Å². The van der Waals surface area contributed by atoms with Gasteiger partial charge in [-0.3, -0.25) is 14.5 Å². The zero-order valence-electron chi connectivity index (χ0n) is 11.7. The highest BCUT2D eigenvalue weighted by atomic mass is 127. The molecule has 0 atom stereocenters. The summed E-state index contributed by atoms with van der Waals surface area (Å²) >= 11 is 4.85. The zero-order valence-corrected chi connectivity index (χ0v) is 15.5. The highest BCUT2D eigenvalue weighted by molar-refractivity contribution is 14.1. The molecule has 0 N–H and O–H groups in total. The number of nitrogens with zero attached hydrogens (tertiary/aromatic N) is 1. The topological polar surface area (TPSA) is 37.4 Å². The second-order valence-electron chi connectivity index (χ2n) is 4.84. The maximum atomic E-state index is 12.4. The summed E-state index contributed by atoms with van der Waals surface area (Å²) in [5.41, 5.74) is 0.955. The Morgan fingerprint density at radius 3 is 2.50 bits per heavy atom. The fourth-order valence-electron chi connectivity index (χ4n) is 2.07. The van der Waals surface area contributed by atoms with Crippen molar-refractivity contribution in [2.24, 2.45) is 0 Å². The molecule has 6 heteroatoms. The van der Waals surface area contributed by atoms with Crippen LogP contribution in [0.5, 0.6) is 0 Å². The molecule has 0 radical (unpaired) electrons. The fraction of sp³-hybridized carbons (Fsp3) is 0.125. The van der Waals surface area contributed by atoms with Gasteiger partial charge in [0.05, 0.1) is 11.4 Å². The van der Waals surface area contributed by atoms with Crippen LogP contribution in [0.4, 0.5) is 4.79 Å². The highest BCUT2D eigenvalue weighted by Crippen LogP contribution is 2.34. The summed E-state index contributed by atoms with van der Waals surface area (Å²) in [6.45, 7) is 2.34. The van der Waals surface area contributed by atoms with Crippen molar-refractivity contribution in [1.29, 1.82) is 0 Å². The third-order valence-electron chi connectivity index (χ3n) is 3.16. The standard InChI is InChI=1S/C16H12INO2S2/c1-10-2-7-13(21-10)8-14-15(19)18(16(20)22-14)9-11-3-5-12(17)6-4-11/h2-8H,9H2,1H3/b14-8-. The van der Waals surface area contributed by atoms with E-state index in [-0.39, 0.29) is 11.1 Å². The van der Waals surface area contributed by atoms with E-state index < -0.39 is 0 Å². The van der Waals surface area contributed by atoms with Crippen LogP contribution in [0.25, 0.3) is 6.08 Å². The second kappa shape index (κ2) is 6.55. The van der Waals surface area contributed by atoms with Crippen LogP contribution in [-0.4, -0.2) is 16.0 Å². The predicted molar refractivity (Wildman–Crippen MR) is 99.7 cm³/mol. The lowest BCUT2D eigenvalue weighted by atomic mass is 10.2. The Labute approximate surface area is 150 Å². The van der Waals surface area contributed by atoms with Crippen LogP contribution in [0.1, 0.15) is 15.3 Å². The lowest BCUT2D eigenvalue weighted by Gasteiger charge is -2.12. The number of rotatable bonds is 3. The molecule has 3 rings (SSSR count). The molecule has 1 aromatic heterocycles. The molecule has 2 amide bonds. The lowest BCUT2D eigenvalue weighted by molar-refractivity contribution is -0.123. The summed E-state index contributed by atoms with van der Waals surface area (Å²) in [6, 6.07) is 11.8. The summed E-state index contributed by atoms with van der Waals surface area (Å²) in [4.78, 5) is 28.5. The number of thiophene rings is 1. The van der Waals surface area contributed by atoms with E-state index in [0.29, 0.717) is 11.4 Å². The van der Waals surface area contributed by atoms with Crippen molar-refractivity contribution >= 4 is 62.9 Å². The number of hydrogen-bond acceptors (Lipinski definition) is 4. The number of carbonyl (C=O) groups excluding carboxylic acids is 2. The zero-order chi connectivity index (χ0) is 15.7. The van der Waals surface area contributed by atoms with Crippen LogP contribution < -0.4 is 0 Å². The molecule has 0 spiro atoms. The molecule has 0 aliphatic carbocycles. The number of benzene rings is 1. The van der Waals surface area contributed by atoms with Crippen molar-refractivity contribution in [3.8, 4) is 0 Å². The van der Waals surface area contributed by atoms with Crippen molar-refractivity contribution in [2.75, 3.05) is 0 Å². The molecule has 2 aromatic rings. The number of carbonyl (C=O) groups is 2. The molecular formula is C16H12INO2S2. The minimum Gasteiger partial charge on any atom is -0.268 e. The molecule has 1 fully saturated rings. The summed E-state index contributed by atoms with van der Waals surface area (Å²) in [5.74, 6) is -0.209. The second-order valence-corrected chi connectivity index (χ2v) is 8.40. The van der Waals surface area contributed by atoms with Gasteiger partial charge in [0.2, 0.25) is 0 Å². The van der Waals surface area contributed by atoms with E-state index >= 15 is 0 Å². The molecule has 2 heterocycles. The lowest BCUT2D eigenvalue weighted by Crippen LogP contribution is -2.27. The molecule has 1 aliphatic heterocycles. The number of thioether (sulfide) groups is 1. The Kier molecular flexibility index (Phi) is 4.70.